The largest absolute Gasteiger partial charge is 0.459 e. The smallest absolute Gasteiger partial charge is 0.331 e. The van der Waals surface area contributed by atoms with Crippen LogP contribution in [0.2, 0.25) is 0 Å². The Morgan fingerprint density at radius 2 is 0.887 bits per heavy atom. The highest BCUT2D eigenvalue weighted by Crippen LogP contribution is 2.36. The monoisotopic (exact) mass is 1370 g/mol. The van der Waals surface area contributed by atoms with Crippen molar-refractivity contribution in [3.05, 3.63) is 71.9 Å². The number of aliphatic hydroxyl groups excluding tert-OH is 8. The number of carbonyl (C=O) groups is 2. The Kier molecular flexibility index (Phi) is 37.4. The lowest BCUT2D eigenvalue weighted by molar-refractivity contribution is -0.157. The lowest BCUT2D eigenvalue weighted by Crippen LogP contribution is -2.45. The average Bonchev–Trinajstić information content (AvgIpc) is 0.856. The van der Waals surface area contributed by atoms with E-state index in [2.05, 4.69) is 0 Å². The van der Waals surface area contributed by atoms with Gasteiger partial charge in [0.15, 0.2) is 0 Å². The van der Waals surface area contributed by atoms with E-state index in [0.29, 0.717) is 62.5 Å². The van der Waals surface area contributed by atoms with Crippen LogP contribution in [0.1, 0.15) is 198 Å². The van der Waals surface area contributed by atoms with Crippen molar-refractivity contribution in [3.8, 4) is 0 Å². The molecule has 5 aliphatic rings. The molecule has 0 unspecified atom stereocenters. The van der Waals surface area contributed by atoms with Crippen LogP contribution in [0, 0.1) is 41.4 Å². The zero-order valence-electron chi connectivity index (χ0n) is 61.4. The number of allylic oxidation sites excluding steroid dienone is 4. The molecule has 0 aromatic heterocycles. The van der Waals surface area contributed by atoms with Crippen molar-refractivity contribution < 1.29 is 97.8 Å². The fourth-order valence-corrected chi connectivity index (χ4v) is 15.0. The fourth-order valence-electron chi connectivity index (χ4n) is 15.0. The zero-order valence-corrected chi connectivity index (χ0v) is 61.4. The van der Waals surface area contributed by atoms with Crippen LogP contribution in [-0.2, 0) is 57.0 Å². The summed E-state index contributed by atoms with van der Waals surface area (Å²) in [5.41, 5.74) is 1.39. The third kappa shape index (κ3) is 28.8. The SMILES string of the molecule is CO[C@H]1C[C@H](CC[C@H](C)[C@H](O)[C@H](C)[C@H]2OC(=O)/C=C/C(C)=C/C[C@H](O)C[C@@H]3C=CC[C@@H](C[C@@H](OC)[C@H](C)[C@@H](O)C[C@@H](O)C[C@@H]([C@@H](C)[C@@H](O)[C@@H](C)CC[C@H]4C[C@H](OC)C[C@H](C)O4)OC(=O)/C=C/C(C)=C/C[C@H](O)C[C@@H]4C=CC[C@@H](C[C@@H](OC)[C@H](C)[C@@H](O)C[C@@H](O)[C@@H]2C)O4)O3)O[C@@H](C)C1. The van der Waals surface area contributed by atoms with Gasteiger partial charge in [-0.25, -0.2) is 9.59 Å². The van der Waals surface area contributed by atoms with Gasteiger partial charge in [0.05, 0.1) is 122 Å². The van der Waals surface area contributed by atoms with Crippen molar-refractivity contribution in [2.45, 2.75) is 332 Å². The van der Waals surface area contributed by atoms with Crippen LogP contribution < -0.4 is 0 Å². The van der Waals surface area contributed by atoms with Gasteiger partial charge in [0.1, 0.15) is 12.2 Å². The molecule has 0 amide bonds. The van der Waals surface area contributed by atoms with Crippen molar-refractivity contribution in [2.75, 3.05) is 28.4 Å². The Hall–Kier alpha value is -3.26. The molecule has 97 heavy (non-hydrogen) atoms. The summed E-state index contributed by atoms with van der Waals surface area (Å²) in [5, 5.41) is 93.8. The van der Waals surface area contributed by atoms with E-state index in [0.717, 1.165) is 25.7 Å². The summed E-state index contributed by atoms with van der Waals surface area (Å²) in [6.45, 7) is 20.7. The molecule has 5 aliphatic heterocycles. The lowest BCUT2D eigenvalue weighted by Gasteiger charge is -2.38. The summed E-state index contributed by atoms with van der Waals surface area (Å²) in [4.78, 5) is 27.7. The first-order chi connectivity index (χ1) is 46.0. The van der Waals surface area contributed by atoms with Crippen LogP contribution in [0.4, 0.5) is 0 Å². The Bertz CT molecular complexity index is 2450. The molecule has 0 aromatic carbocycles. The minimum atomic E-state index is -1.16. The maximum atomic E-state index is 13.9. The molecule has 0 spiro atoms. The fraction of sp³-hybridized carbons (Fsp3) is 0.818. The van der Waals surface area contributed by atoms with E-state index in [-0.39, 0.29) is 106 Å². The molecule has 5 heterocycles. The van der Waals surface area contributed by atoms with Gasteiger partial charge in [-0.2, -0.15) is 0 Å². The van der Waals surface area contributed by atoms with Crippen molar-refractivity contribution >= 4 is 11.9 Å². The van der Waals surface area contributed by atoms with E-state index < -0.39 is 127 Å². The van der Waals surface area contributed by atoms with Gasteiger partial charge in [0.25, 0.3) is 0 Å². The maximum absolute atomic E-state index is 13.9. The zero-order chi connectivity index (χ0) is 71.6. The highest BCUT2D eigenvalue weighted by Gasteiger charge is 2.41. The molecule has 0 radical (unpaired) electrons. The van der Waals surface area contributed by atoms with Gasteiger partial charge >= 0.3 is 11.9 Å². The van der Waals surface area contributed by atoms with Gasteiger partial charge in [-0.3, -0.25) is 0 Å². The normalized spacial score (nSPS) is 40.6. The molecule has 0 saturated carbocycles. The van der Waals surface area contributed by atoms with Crippen LogP contribution in [-0.4, -0.2) is 216 Å². The van der Waals surface area contributed by atoms with Gasteiger partial charge in [-0.1, -0.05) is 108 Å². The minimum Gasteiger partial charge on any atom is -0.459 e. The number of cyclic esters (lactones) is 2. The molecule has 558 valence electrons. The predicted molar refractivity (Wildman–Crippen MR) is 373 cm³/mol. The van der Waals surface area contributed by atoms with E-state index in [1.807, 2.05) is 106 Å². The summed E-state index contributed by atoms with van der Waals surface area (Å²) in [6, 6.07) is 0. The van der Waals surface area contributed by atoms with Crippen LogP contribution in [0.5, 0.6) is 0 Å². The van der Waals surface area contributed by atoms with E-state index in [1.54, 1.807) is 47.5 Å². The molecule has 0 aromatic rings. The van der Waals surface area contributed by atoms with Gasteiger partial charge in [-0.15, -0.1) is 0 Å². The topological polar surface area (TPSA) is 288 Å². The standard InChI is InChI=1S/C77H130O20/c1-45-22-28-56(78)36-60-19-17-21-62(95-60)43-71(91-15)52(8)68(82)44-69(83)53(9)77(55(11)76(87)48(4)27-31-64-41-66(89-13)35-50(6)93-64)97-74(85)33-25-46(2)23-29-57(79)37-59-18-16-20-61(94-59)42-70(90-14)51(7)67(81)38-58(80)39-72(96-73(84)32-24-45)54(10)75(86)47(3)26-30-63-40-65(88-12)34-49(5)92-63/h16-19,22-25,32-33,47-72,75-83,86-87H,20-21,26-31,34-44H2,1-15H3/b32-24+,33-25+,45-22+,46-23+/t47-,48-,49-,50-,51+,52+,53-,54+,55-,56-,57-,58+,59-,60-,61-,62-,63-,64-,65+,66+,67-,68-,69+,70+,71+,72-,75-,76-,77-/m0/s1. The van der Waals surface area contributed by atoms with Crippen molar-refractivity contribution in [2.24, 2.45) is 41.4 Å². The second kappa shape index (κ2) is 43.0. The Labute approximate surface area is 581 Å². The molecular formula is C77H130O20. The van der Waals surface area contributed by atoms with E-state index in [1.165, 1.54) is 12.2 Å². The number of hydrogen-bond donors (Lipinski definition) is 8. The molecular weight excluding hydrogens is 1240 g/mol. The van der Waals surface area contributed by atoms with Crippen molar-refractivity contribution in [1.82, 2.24) is 0 Å². The number of hydrogen-bond acceptors (Lipinski definition) is 20. The minimum absolute atomic E-state index is 0.0237. The van der Waals surface area contributed by atoms with Crippen molar-refractivity contribution in [1.29, 1.82) is 0 Å². The Morgan fingerprint density at radius 1 is 0.464 bits per heavy atom. The van der Waals surface area contributed by atoms with E-state index >= 15 is 0 Å². The van der Waals surface area contributed by atoms with Crippen LogP contribution in [0.15, 0.2) is 71.9 Å². The first-order valence-electron chi connectivity index (χ1n) is 36.6. The van der Waals surface area contributed by atoms with Crippen LogP contribution in [0.3, 0.4) is 0 Å². The second-order valence-electron chi connectivity index (χ2n) is 29.9. The number of rotatable bonds is 16. The molecule has 4 bridgehead atoms. The Morgan fingerprint density at radius 3 is 1.33 bits per heavy atom. The predicted octanol–water partition coefficient (Wildman–Crippen LogP) is 9.86. The van der Waals surface area contributed by atoms with Crippen molar-refractivity contribution in [3.63, 3.8) is 0 Å². The number of carbonyl (C=O) groups excluding carboxylic acids is 2. The number of aliphatic hydroxyl groups is 8. The summed E-state index contributed by atoms with van der Waals surface area (Å²) >= 11 is 0. The second-order valence-corrected chi connectivity index (χ2v) is 29.9. The number of methoxy groups -OCH3 is 4. The van der Waals surface area contributed by atoms with Gasteiger partial charge < -0.3 is 88.2 Å². The van der Waals surface area contributed by atoms with Gasteiger partial charge in [0.2, 0.25) is 0 Å². The number of ether oxygens (including phenoxy) is 10. The summed E-state index contributed by atoms with van der Waals surface area (Å²) in [6.07, 6.45) is 14.2. The molecule has 20 nitrogen and oxygen atoms in total. The lowest BCUT2D eigenvalue weighted by atomic mass is 9.78. The summed E-state index contributed by atoms with van der Waals surface area (Å²) in [5.74, 6) is -4.71. The Balaban J connectivity index is 1.35. The van der Waals surface area contributed by atoms with Crippen LogP contribution in [0.25, 0.3) is 0 Å². The molecule has 8 N–H and O–H groups in total. The third-order valence-electron chi connectivity index (χ3n) is 21.8. The average molecular weight is 1380 g/mol. The van der Waals surface area contributed by atoms with E-state index in [4.69, 9.17) is 47.4 Å². The highest BCUT2D eigenvalue weighted by molar-refractivity contribution is 5.83. The molecule has 2 saturated heterocycles. The van der Waals surface area contributed by atoms with Crippen LogP contribution >= 0.6 is 0 Å². The number of fused-ring (bicyclic) bond motifs is 4. The maximum Gasteiger partial charge on any atom is 0.331 e. The van der Waals surface area contributed by atoms with E-state index in [9.17, 15) is 50.4 Å². The molecule has 29 atom stereocenters. The highest BCUT2D eigenvalue weighted by atomic mass is 16.6. The number of esters is 2. The molecule has 20 heteroatoms. The molecule has 2 fully saturated rings. The van der Waals surface area contributed by atoms with Gasteiger partial charge in [0, 0.05) is 102 Å². The third-order valence-corrected chi connectivity index (χ3v) is 21.8. The first-order valence-corrected chi connectivity index (χ1v) is 36.6. The molecule has 5 rings (SSSR count). The molecule has 0 aliphatic carbocycles. The summed E-state index contributed by atoms with van der Waals surface area (Å²) < 4.78 is 61.1. The quantitative estimate of drug-likeness (QED) is 0.0527. The summed E-state index contributed by atoms with van der Waals surface area (Å²) in [7, 11) is 6.58. The first kappa shape index (κ1) is 84.4. The van der Waals surface area contributed by atoms with Gasteiger partial charge in [-0.05, 0) is 129 Å².